The van der Waals surface area contributed by atoms with Crippen LogP contribution in [-0.4, -0.2) is 20.7 Å². The Morgan fingerprint density at radius 2 is 1.83 bits per heavy atom. The van der Waals surface area contributed by atoms with E-state index in [0.717, 1.165) is 24.2 Å². The summed E-state index contributed by atoms with van der Waals surface area (Å²) in [7, 11) is 0. The first-order valence-electron chi connectivity index (χ1n) is 7.62. The number of carbonyl (C=O) groups excluding carboxylic acids is 1. The van der Waals surface area contributed by atoms with Gasteiger partial charge in [0.1, 0.15) is 0 Å². The number of nitrogens with zero attached hydrogens (tertiary/aromatic N) is 3. The molecule has 0 unspecified atom stereocenters. The van der Waals surface area contributed by atoms with E-state index in [1.54, 1.807) is 16.9 Å². The number of anilines is 1. The Labute approximate surface area is 134 Å². The molecule has 0 atom stereocenters. The molecule has 1 aliphatic carbocycles. The molecule has 1 aromatic carbocycles. The van der Waals surface area contributed by atoms with E-state index in [9.17, 15) is 4.79 Å². The second-order valence-corrected chi connectivity index (χ2v) is 5.73. The predicted octanol–water partition coefficient (Wildman–Crippen LogP) is 2.94. The second-order valence-electron chi connectivity index (χ2n) is 5.73. The van der Waals surface area contributed by atoms with Crippen LogP contribution in [0.5, 0.6) is 0 Å². The molecule has 5 nitrogen and oxygen atoms in total. The number of amides is 1. The summed E-state index contributed by atoms with van der Waals surface area (Å²) < 4.78 is 1.75. The Kier molecular flexibility index (Phi) is 3.19. The number of benzene rings is 1. The van der Waals surface area contributed by atoms with Crippen LogP contribution in [0.4, 0.5) is 5.82 Å². The van der Waals surface area contributed by atoms with Crippen molar-refractivity contribution in [3.8, 4) is 5.69 Å². The fraction of sp³-hybridized carbons (Fsp3) is 0.167. The van der Waals surface area contributed by atoms with Crippen LogP contribution in [-0.2, 0) is 10.2 Å². The second kappa shape index (κ2) is 5.35. The van der Waals surface area contributed by atoms with E-state index in [0.29, 0.717) is 5.82 Å². The average molecular weight is 304 g/mol. The molecule has 0 bridgehead atoms. The molecule has 0 saturated heterocycles. The average Bonchev–Trinajstić information content (AvgIpc) is 3.30. The molecule has 1 fully saturated rings. The monoisotopic (exact) mass is 304 g/mol. The van der Waals surface area contributed by atoms with Crippen LogP contribution < -0.4 is 5.32 Å². The molecular formula is C18H16N4O. The normalized spacial score (nSPS) is 15.1. The fourth-order valence-corrected chi connectivity index (χ4v) is 2.72. The number of hydrogen-bond acceptors (Lipinski definition) is 3. The lowest BCUT2D eigenvalue weighted by Gasteiger charge is -2.13. The van der Waals surface area contributed by atoms with Gasteiger partial charge in [-0.2, -0.15) is 5.10 Å². The van der Waals surface area contributed by atoms with Crippen molar-refractivity contribution in [3.05, 3.63) is 72.7 Å². The highest BCUT2D eigenvalue weighted by atomic mass is 16.2. The van der Waals surface area contributed by atoms with Crippen molar-refractivity contribution in [1.82, 2.24) is 14.8 Å². The van der Waals surface area contributed by atoms with Gasteiger partial charge in [-0.25, -0.2) is 4.68 Å². The number of para-hydroxylation sites is 1. The van der Waals surface area contributed by atoms with E-state index in [2.05, 4.69) is 15.4 Å². The molecule has 114 valence electrons. The summed E-state index contributed by atoms with van der Waals surface area (Å²) in [5.41, 5.74) is 1.30. The van der Waals surface area contributed by atoms with Gasteiger partial charge in [-0.15, -0.1) is 0 Å². The van der Waals surface area contributed by atoms with Crippen LogP contribution in [0.1, 0.15) is 18.5 Å². The summed E-state index contributed by atoms with van der Waals surface area (Å²) in [4.78, 5) is 17.0. The number of nitrogens with one attached hydrogen (secondary N) is 1. The first-order chi connectivity index (χ1) is 11.3. The van der Waals surface area contributed by atoms with E-state index >= 15 is 0 Å². The summed E-state index contributed by atoms with van der Waals surface area (Å²) >= 11 is 0. The third kappa shape index (κ3) is 2.50. The van der Waals surface area contributed by atoms with Crippen LogP contribution in [0.2, 0.25) is 0 Å². The van der Waals surface area contributed by atoms with Gasteiger partial charge in [0.05, 0.1) is 16.8 Å². The SMILES string of the molecule is O=C(Nc1ccn(-c2ccccc2)n1)C1(c2ccccn2)CC1. The summed E-state index contributed by atoms with van der Waals surface area (Å²) in [6.45, 7) is 0. The van der Waals surface area contributed by atoms with E-state index in [1.807, 2.05) is 54.7 Å². The largest absolute Gasteiger partial charge is 0.308 e. The van der Waals surface area contributed by atoms with Gasteiger partial charge in [0.2, 0.25) is 5.91 Å². The Morgan fingerprint density at radius 1 is 1.04 bits per heavy atom. The van der Waals surface area contributed by atoms with E-state index in [-0.39, 0.29) is 5.91 Å². The van der Waals surface area contributed by atoms with Gasteiger partial charge in [-0.1, -0.05) is 24.3 Å². The van der Waals surface area contributed by atoms with Crippen molar-refractivity contribution in [2.75, 3.05) is 5.32 Å². The fourth-order valence-electron chi connectivity index (χ4n) is 2.72. The molecule has 4 rings (SSSR count). The Morgan fingerprint density at radius 3 is 2.52 bits per heavy atom. The number of aromatic nitrogens is 3. The summed E-state index contributed by atoms with van der Waals surface area (Å²) in [5.74, 6) is 0.524. The zero-order valence-electron chi connectivity index (χ0n) is 12.5. The van der Waals surface area contributed by atoms with Crippen molar-refractivity contribution >= 4 is 11.7 Å². The maximum Gasteiger partial charge on any atom is 0.237 e. The third-order valence-electron chi connectivity index (χ3n) is 4.19. The highest BCUT2D eigenvalue weighted by molar-refractivity contribution is 6.00. The molecule has 0 radical (unpaired) electrons. The maximum atomic E-state index is 12.6. The van der Waals surface area contributed by atoms with Gasteiger partial charge >= 0.3 is 0 Å². The van der Waals surface area contributed by atoms with Crippen molar-refractivity contribution in [3.63, 3.8) is 0 Å². The highest BCUT2D eigenvalue weighted by Gasteiger charge is 2.52. The first kappa shape index (κ1) is 13.7. The van der Waals surface area contributed by atoms with Gasteiger partial charge in [0.25, 0.3) is 0 Å². The third-order valence-corrected chi connectivity index (χ3v) is 4.19. The molecule has 1 N–H and O–H groups in total. The standard InChI is InChI=1S/C18H16N4O/c23-17(18(10-11-18)15-8-4-5-12-19-15)20-16-9-13-22(21-16)14-6-2-1-3-7-14/h1-9,12-13H,10-11H2,(H,20,21,23). The molecule has 5 heteroatoms. The van der Waals surface area contributed by atoms with Gasteiger partial charge < -0.3 is 5.32 Å². The van der Waals surface area contributed by atoms with Crippen molar-refractivity contribution in [1.29, 1.82) is 0 Å². The smallest absolute Gasteiger partial charge is 0.237 e. The zero-order valence-corrected chi connectivity index (χ0v) is 12.5. The minimum atomic E-state index is -0.488. The predicted molar refractivity (Wildman–Crippen MR) is 87.3 cm³/mol. The summed E-state index contributed by atoms with van der Waals surface area (Å²) in [6.07, 6.45) is 5.22. The molecule has 23 heavy (non-hydrogen) atoms. The molecular weight excluding hydrogens is 288 g/mol. The van der Waals surface area contributed by atoms with E-state index in [4.69, 9.17) is 0 Å². The molecule has 2 aromatic heterocycles. The number of carbonyl (C=O) groups is 1. The van der Waals surface area contributed by atoms with Gasteiger partial charge in [-0.3, -0.25) is 9.78 Å². The molecule has 2 heterocycles. The van der Waals surface area contributed by atoms with Gasteiger partial charge in [0.15, 0.2) is 5.82 Å². The molecule has 3 aromatic rings. The minimum Gasteiger partial charge on any atom is -0.308 e. The summed E-state index contributed by atoms with van der Waals surface area (Å²) in [6, 6.07) is 17.3. The van der Waals surface area contributed by atoms with Crippen LogP contribution >= 0.6 is 0 Å². The van der Waals surface area contributed by atoms with Gasteiger partial charge in [-0.05, 0) is 37.1 Å². The molecule has 1 saturated carbocycles. The van der Waals surface area contributed by atoms with E-state index in [1.165, 1.54) is 0 Å². The minimum absolute atomic E-state index is 0.0329. The number of rotatable bonds is 4. The summed E-state index contributed by atoms with van der Waals surface area (Å²) in [5, 5.41) is 7.34. The van der Waals surface area contributed by atoms with Crippen LogP contribution in [0, 0.1) is 0 Å². The molecule has 0 aliphatic heterocycles. The molecule has 1 amide bonds. The lowest BCUT2D eigenvalue weighted by Crippen LogP contribution is -2.28. The van der Waals surface area contributed by atoms with Crippen LogP contribution in [0.15, 0.2) is 67.0 Å². The molecule has 0 spiro atoms. The topological polar surface area (TPSA) is 59.8 Å². The Balaban J connectivity index is 1.53. The number of hydrogen-bond donors (Lipinski definition) is 1. The highest BCUT2D eigenvalue weighted by Crippen LogP contribution is 2.48. The van der Waals surface area contributed by atoms with Gasteiger partial charge in [0, 0.05) is 18.5 Å². The first-order valence-corrected chi connectivity index (χ1v) is 7.62. The van der Waals surface area contributed by atoms with Crippen molar-refractivity contribution in [2.24, 2.45) is 0 Å². The lowest BCUT2D eigenvalue weighted by molar-refractivity contribution is -0.118. The van der Waals surface area contributed by atoms with E-state index < -0.39 is 5.41 Å². The Bertz CT molecular complexity index is 822. The molecule has 1 aliphatic rings. The van der Waals surface area contributed by atoms with Crippen molar-refractivity contribution in [2.45, 2.75) is 18.3 Å². The Hall–Kier alpha value is -2.95. The number of pyridine rings is 1. The quantitative estimate of drug-likeness (QED) is 0.806. The maximum absolute atomic E-state index is 12.6. The van der Waals surface area contributed by atoms with Crippen LogP contribution in [0.3, 0.4) is 0 Å². The zero-order chi connectivity index (χ0) is 15.7. The van der Waals surface area contributed by atoms with Crippen LogP contribution in [0.25, 0.3) is 5.69 Å². The lowest BCUT2D eigenvalue weighted by atomic mass is 10.0. The van der Waals surface area contributed by atoms with Crippen molar-refractivity contribution < 1.29 is 4.79 Å².